The zero-order valence-corrected chi connectivity index (χ0v) is 21.4. The average molecular weight is 628 g/mol. The second kappa shape index (κ2) is 10.1. The van der Waals surface area contributed by atoms with Gasteiger partial charge in [0, 0.05) is 11.1 Å². The van der Waals surface area contributed by atoms with Crippen LogP contribution in [0, 0.1) is 11.5 Å². The summed E-state index contributed by atoms with van der Waals surface area (Å²) >= 11 is 0. The summed E-state index contributed by atoms with van der Waals surface area (Å²) in [5.74, 6) is 0. The molecule has 0 aliphatic heterocycles. The number of hydrogen-bond acceptors (Lipinski definition) is 2. The first-order valence-corrected chi connectivity index (χ1v) is 12.1. The Kier molecular flexibility index (Phi) is 7.06. The molecule has 0 radical (unpaired) electrons. The van der Waals surface area contributed by atoms with Gasteiger partial charge in [-0.15, -0.1) is 0 Å². The Hall–Kier alpha value is -4.80. The van der Waals surface area contributed by atoms with E-state index in [4.69, 9.17) is 0 Å². The molecule has 0 aromatic heterocycles. The van der Waals surface area contributed by atoms with E-state index in [0.717, 1.165) is 12.1 Å². The molecule has 2 nitrogen and oxygen atoms in total. The van der Waals surface area contributed by atoms with Gasteiger partial charge in [-0.05, 0) is 69.8 Å². The molecular formula is C30H12F12N2. The van der Waals surface area contributed by atoms with E-state index < -0.39 is 58.1 Å². The van der Waals surface area contributed by atoms with Gasteiger partial charge in [0.1, 0.15) is 0 Å². The van der Waals surface area contributed by atoms with Gasteiger partial charge in [0.05, 0.1) is 28.0 Å². The molecule has 226 valence electrons. The van der Waals surface area contributed by atoms with Crippen molar-refractivity contribution in [2.24, 2.45) is 4.99 Å². The molecule has 14 heteroatoms. The van der Waals surface area contributed by atoms with Crippen LogP contribution in [-0.2, 0) is 24.7 Å². The topological polar surface area (TPSA) is 36.1 Å². The maximum atomic E-state index is 13.8. The van der Waals surface area contributed by atoms with E-state index in [9.17, 15) is 57.9 Å². The lowest BCUT2D eigenvalue weighted by Gasteiger charge is -2.17. The van der Waals surface area contributed by atoms with E-state index in [1.807, 2.05) is 0 Å². The number of benzene rings is 4. The smallest absolute Gasteiger partial charge is 0.172 e. The number of nitriles is 1. The van der Waals surface area contributed by atoms with Gasteiger partial charge in [0.25, 0.3) is 0 Å². The Balaban J connectivity index is 1.66. The Morgan fingerprint density at radius 2 is 0.795 bits per heavy atom. The lowest BCUT2D eigenvalue weighted by Crippen LogP contribution is -2.12. The number of rotatable bonds is 2. The highest BCUT2D eigenvalue weighted by atomic mass is 19.4. The van der Waals surface area contributed by atoms with Crippen molar-refractivity contribution < 1.29 is 52.7 Å². The molecule has 0 N–H and O–H groups in total. The molecular weight excluding hydrogens is 616 g/mol. The van der Waals surface area contributed by atoms with E-state index >= 15 is 0 Å². The number of alkyl halides is 12. The molecule has 0 fully saturated rings. The van der Waals surface area contributed by atoms with E-state index in [1.54, 1.807) is 0 Å². The van der Waals surface area contributed by atoms with Gasteiger partial charge in [-0.25, -0.2) is 0 Å². The largest absolute Gasteiger partial charge is 0.417 e. The van der Waals surface area contributed by atoms with Crippen LogP contribution in [0.1, 0.15) is 33.4 Å². The van der Waals surface area contributed by atoms with Gasteiger partial charge in [-0.2, -0.15) is 62.9 Å². The van der Waals surface area contributed by atoms with E-state index in [-0.39, 0.29) is 40.1 Å². The third-order valence-corrected chi connectivity index (χ3v) is 6.93. The molecule has 5 rings (SSSR count). The quantitative estimate of drug-likeness (QED) is 0.142. The predicted octanol–water partition coefficient (Wildman–Crippen LogP) is 10.4. The summed E-state index contributed by atoms with van der Waals surface area (Å²) in [6.45, 7) is 0. The zero-order valence-electron chi connectivity index (χ0n) is 21.4. The van der Waals surface area contributed by atoms with Crippen LogP contribution in [0.25, 0.3) is 33.4 Å². The molecule has 0 unspecified atom stereocenters. The average Bonchev–Trinajstić information content (AvgIpc) is 3.22. The van der Waals surface area contributed by atoms with Crippen LogP contribution >= 0.6 is 0 Å². The third kappa shape index (κ3) is 5.49. The zero-order chi connectivity index (χ0) is 32.4. The van der Waals surface area contributed by atoms with Gasteiger partial charge in [0.15, 0.2) is 0 Å². The lowest BCUT2D eigenvalue weighted by molar-refractivity contribution is -0.144. The van der Waals surface area contributed by atoms with Crippen molar-refractivity contribution in [1.82, 2.24) is 0 Å². The highest BCUT2D eigenvalue weighted by Gasteiger charge is 2.40. The first kappa shape index (κ1) is 30.7. The minimum atomic E-state index is -5.19. The summed E-state index contributed by atoms with van der Waals surface area (Å²) in [4.78, 5) is 3.69. The summed E-state index contributed by atoms with van der Waals surface area (Å²) in [5.41, 5.74) is -7.25. The van der Waals surface area contributed by atoms with Crippen molar-refractivity contribution in [2.45, 2.75) is 24.7 Å². The summed E-state index contributed by atoms with van der Waals surface area (Å²) in [5, 5.41) is 9.32. The molecule has 1 aliphatic carbocycles. The first-order chi connectivity index (χ1) is 20.3. The van der Waals surface area contributed by atoms with Crippen LogP contribution in [0.4, 0.5) is 52.7 Å². The van der Waals surface area contributed by atoms with Crippen LogP contribution in [0.5, 0.6) is 0 Å². The Morgan fingerprint density at radius 3 is 1.11 bits per heavy atom. The Bertz CT molecular complexity index is 1740. The Labute approximate surface area is 239 Å². The molecule has 0 atom stereocenters. The molecule has 1 aliphatic rings. The highest BCUT2D eigenvalue weighted by Crippen LogP contribution is 2.46. The summed E-state index contributed by atoms with van der Waals surface area (Å²) in [7, 11) is 0. The van der Waals surface area contributed by atoms with Gasteiger partial charge in [-0.1, -0.05) is 36.4 Å². The van der Waals surface area contributed by atoms with E-state index in [0.29, 0.717) is 35.4 Å². The van der Waals surface area contributed by atoms with Crippen LogP contribution < -0.4 is 0 Å². The third-order valence-electron chi connectivity index (χ3n) is 6.93. The summed E-state index contributed by atoms with van der Waals surface area (Å²) < 4.78 is 162. The van der Waals surface area contributed by atoms with Crippen molar-refractivity contribution in [3.63, 3.8) is 0 Å². The molecule has 44 heavy (non-hydrogen) atoms. The fourth-order valence-corrected chi connectivity index (χ4v) is 5.01. The first-order valence-electron chi connectivity index (χ1n) is 12.1. The van der Waals surface area contributed by atoms with Gasteiger partial charge < -0.3 is 0 Å². The van der Waals surface area contributed by atoms with Crippen molar-refractivity contribution in [3.05, 3.63) is 106 Å². The number of aliphatic imine (C=N–C) groups is 1. The predicted molar refractivity (Wildman–Crippen MR) is 134 cm³/mol. The van der Waals surface area contributed by atoms with Crippen LogP contribution in [-0.4, -0.2) is 5.71 Å². The Morgan fingerprint density at radius 1 is 0.432 bits per heavy atom. The van der Waals surface area contributed by atoms with Crippen LogP contribution in [0.3, 0.4) is 0 Å². The standard InChI is InChI=1S/C30H12F12N2/c31-27(32,33)16-3-7-18(24(11-16)29(37,38)39)14-1-5-20-21-6-2-15(10-23(21)26(44-13-43)22(20)9-14)19-8-4-17(28(34,35)36)12-25(19)30(40,41)42/h1-12H. The van der Waals surface area contributed by atoms with Crippen molar-refractivity contribution >= 4 is 5.71 Å². The maximum Gasteiger partial charge on any atom is 0.417 e. The number of halogens is 12. The molecule has 0 saturated heterocycles. The monoisotopic (exact) mass is 628 g/mol. The van der Waals surface area contributed by atoms with Gasteiger partial charge in [-0.3, -0.25) is 0 Å². The van der Waals surface area contributed by atoms with E-state index in [1.165, 1.54) is 30.5 Å². The van der Waals surface area contributed by atoms with Crippen LogP contribution in [0.2, 0.25) is 0 Å². The molecule has 0 amide bonds. The minimum absolute atomic E-state index is 0.0316. The highest BCUT2D eigenvalue weighted by molar-refractivity contribution is 6.25. The molecule has 0 spiro atoms. The van der Waals surface area contributed by atoms with Gasteiger partial charge in [0.2, 0.25) is 6.19 Å². The lowest BCUT2D eigenvalue weighted by atomic mass is 9.93. The number of nitrogens with zero attached hydrogens (tertiary/aromatic N) is 2. The van der Waals surface area contributed by atoms with Crippen molar-refractivity contribution in [3.8, 4) is 39.6 Å². The SMILES string of the molecule is N#CN=C1c2cc(-c3ccc(C(F)(F)F)cc3C(F)(F)F)ccc2-c2ccc(-c3ccc(C(F)(F)F)cc3C(F)(F)F)cc21. The second-order valence-electron chi connectivity index (χ2n) is 9.59. The van der Waals surface area contributed by atoms with Crippen LogP contribution in [0.15, 0.2) is 77.8 Å². The summed E-state index contributed by atoms with van der Waals surface area (Å²) in [6.07, 6.45) is -19.0. The fraction of sp³-hybridized carbons (Fsp3) is 0.133. The number of fused-ring (bicyclic) bond motifs is 3. The van der Waals surface area contributed by atoms with Gasteiger partial charge >= 0.3 is 24.7 Å². The minimum Gasteiger partial charge on any atom is -0.172 e. The van der Waals surface area contributed by atoms with Crippen molar-refractivity contribution in [2.75, 3.05) is 0 Å². The molecule has 4 aromatic rings. The number of hydrogen-bond donors (Lipinski definition) is 0. The summed E-state index contributed by atoms with van der Waals surface area (Å²) in [6, 6.07) is 9.53. The normalized spacial score (nSPS) is 13.4. The molecule has 4 aromatic carbocycles. The second-order valence-corrected chi connectivity index (χ2v) is 9.59. The maximum absolute atomic E-state index is 13.8. The van der Waals surface area contributed by atoms with Crippen molar-refractivity contribution in [1.29, 1.82) is 5.26 Å². The molecule has 0 heterocycles. The molecule has 0 saturated carbocycles. The van der Waals surface area contributed by atoms with E-state index in [2.05, 4.69) is 4.99 Å². The molecule has 0 bridgehead atoms. The fourth-order valence-electron chi connectivity index (χ4n) is 5.01.